The molecule has 2 heterocycles. The lowest BCUT2D eigenvalue weighted by molar-refractivity contribution is -0.132. The molecule has 3 unspecified atom stereocenters. The summed E-state index contributed by atoms with van der Waals surface area (Å²) < 4.78 is 13.1. The summed E-state index contributed by atoms with van der Waals surface area (Å²) in [6, 6.07) is 16.9. The quantitative estimate of drug-likeness (QED) is 0.851. The van der Waals surface area contributed by atoms with Gasteiger partial charge < -0.3 is 10.2 Å². The fourth-order valence-corrected chi connectivity index (χ4v) is 4.10. The van der Waals surface area contributed by atoms with Crippen LogP contribution in [0.15, 0.2) is 54.6 Å². The van der Waals surface area contributed by atoms with E-state index in [1.165, 1.54) is 17.7 Å². The third kappa shape index (κ3) is 4.18. The van der Waals surface area contributed by atoms with Crippen LogP contribution in [0.25, 0.3) is 0 Å². The summed E-state index contributed by atoms with van der Waals surface area (Å²) >= 11 is 0. The Balaban J connectivity index is 1.33. The third-order valence-corrected chi connectivity index (χ3v) is 5.81. The van der Waals surface area contributed by atoms with E-state index in [1.807, 2.05) is 30.3 Å². The van der Waals surface area contributed by atoms with Crippen molar-refractivity contribution in [1.29, 1.82) is 0 Å². The number of rotatable bonds is 4. The molecular formula is C22H27FN4O. The third-order valence-electron chi connectivity index (χ3n) is 5.81. The van der Waals surface area contributed by atoms with Gasteiger partial charge in [0.1, 0.15) is 12.1 Å². The molecule has 2 saturated heterocycles. The van der Waals surface area contributed by atoms with E-state index in [0.29, 0.717) is 0 Å². The van der Waals surface area contributed by atoms with Gasteiger partial charge in [0.05, 0.1) is 5.92 Å². The second-order valence-corrected chi connectivity index (χ2v) is 7.66. The van der Waals surface area contributed by atoms with Crippen LogP contribution in [-0.4, -0.2) is 49.3 Å². The zero-order valence-corrected chi connectivity index (χ0v) is 16.1. The number of piperazine rings is 1. The molecule has 2 fully saturated rings. The molecule has 1 amide bonds. The van der Waals surface area contributed by atoms with Crippen LogP contribution in [0, 0.1) is 11.7 Å². The Morgan fingerprint density at radius 2 is 1.68 bits per heavy atom. The molecule has 148 valence electrons. The molecule has 2 aliphatic heterocycles. The van der Waals surface area contributed by atoms with E-state index in [9.17, 15) is 9.18 Å². The van der Waals surface area contributed by atoms with Crippen molar-refractivity contribution < 1.29 is 9.18 Å². The SMILES string of the molecule is CC1NC(N2CCN(c3ccc(F)cc3)CC2)NC(=O)C1Cc1ccccc1. The van der Waals surface area contributed by atoms with Crippen LogP contribution in [0.4, 0.5) is 10.1 Å². The lowest BCUT2D eigenvalue weighted by atomic mass is 9.90. The van der Waals surface area contributed by atoms with E-state index in [1.54, 1.807) is 0 Å². The summed E-state index contributed by atoms with van der Waals surface area (Å²) in [5.74, 6) is -0.171. The molecule has 5 nitrogen and oxygen atoms in total. The summed E-state index contributed by atoms with van der Waals surface area (Å²) in [4.78, 5) is 17.3. The monoisotopic (exact) mass is 382 g/mol. The van der Waals surface area contributed by atoms with Crippen LogP contribution in [0.5, 0.6) is 0 Å². The Morgan fingerprint density at radius 3 is 2.32 bits per heavy atom. The number of carbonyl (C=O) groups is 1. The molecule has 0 saturated carbocycles. The average Bonchev–Trinajstić information content (AvgIpc) is 2.72. The summed E-state index contributed by atoms with van der Waals surface area (Å²) in [5.41, 5.74) is 2.22. The zero-order valence-electron chi connectivity index (χ0n) is 16.1. The van der Waals surface area contributed by atoms with Gasteiger partial charge in [-0.15, -0.1) is 0 Å². The van der Waals surface area contributed by atoms with Crippen molar-refractivity contribution in [3.05, 3.63) is 66.0 Å². The van der Waals surface area contributed by atoms with E-state index in [2.05, 4.69) is 39.5 Å². The van der Waals surface area contributed by atoms with Gasteiger partial charge in [-0.1, -0.05) is 30.3 Å². The van der Waals surface area contributed by atoms with E-state index >= 15 is 0 Å². The lowest BCUT2D eigenvalue weighted by Crippen LogP contribution is -2.69. The zero-order chi connectivity index (χ0) is 19.5. The minimum Gasteiger partial charge on any atom is -0.369 e. The molecular weight excluding hydrogens is 355 g/mol. The molecule has 0 aromatic heterocycles. The van der Waals surface area contributed by atoms with Crippen LogP contribution >= 0.6 is 0 Å². The molecule has 0 radical (unpaired) electrons. The van der Waals surface area contributed by atoms with Gasteiger partial charge in [-0.05, 0) is 43.2 Å². The smallest absolute Gasteiger partial charge is 0.227 e. The van der Waals surface area contributed by atoms with Gasteiger partial charge >= 0.3 is 0 Å². The maximum absolute atomic E-state index is 13.1. The highest BCUT2D eigenvalue weighted by Crippen LogP contribution is 2.20. The number of nitrogens with one attached hydrogen (secondary N) is 2. The number of hydrogen-bond donors (Lipinski definition) is 2. The largest absolute Gasteiger partial charge is 0.369 e. The number of hydrogen-bond acceptors (Lipinski definition) is 4. The molecule has 0 spiro atoms. The minimum atomic E-state index is -0.212. The van der Waals surface area contributed by atoms with Crippen LogP contribution in [0.2, 0.25) is 0 Å². The number of benzene rings is 2. The van der Waals surface area contributed by atoms with Crippen molar-refractivity contribution in [3.8, 4) is 0 Å². The minimum absolute atomic E-state index is 0.0702. The average molecular weight is 382 g/mol. The van der Waals surface area contributed by atoms with Crippen molar-refractivity contribution in [2.45, 2.75) is 25.7 Å². The molecule has 0 aliphatic carbocycles. The molecule has 28 heavy (non-hydrogen) atoms. The maximum atomic E-state index is 13.1. The molecule has 0 bridgehead atoms. The predicted molar refractivity (Wildman–Crippen MR) is 108 cm³/mol. The predicted octanol–water partition coefficient (Wildman–Crippen LogP) is 2.20. The molecule has 3 atom stereocenters. The highest BCUT2D eigenvalue weighted by Gasteiger charge is 2.36. The first-order valence-electron chi connectivity index (χ1n) is 9.95. The van der Waals surface area contributed by atoms with Crippen LogP contribution in [-0.2, 0) is 11.2 Å². The van der Waals surface area contributed by atoms with E-state index in [-0.39, 0.29) is 30.0 Å². The number of anilines is 1. The highest BCUT2D eigenvalue weighted by molar-refractivity contribution is 5.80. The van der Waals surface area contributed by atoms with Gasteiger partial charge in [-0.25, -0.2) is 4.39 Å². The first kappa shape index (κ1) is 18.9. The lowest BCUT2D eigenvalue weighted by Gasteiger charge is -2.45. The number of halogens is 1. The first-order valence-corrected chi connectivity index (χ1v) is 9.95. The van der Waals surface area contributed by atoms with Crippen molar-refractivity contribution in [2.75, 3.05) is 31.1 Å². The standard InChI is InChI=1S/C22H27FN4O/c1-16-20(15-17-5-3-2-4-6-17)21(28)25-22(24-16)27-13-11-26(12-14-27)19-9-7-18(23)8-10-19/h2-10,16,20,22,24H,11-15H2,1H3,(H,25,28). The molecule has 2 N–H and O–H groups in total. The fraction of sp³-hybridized carbons (Fsp3) is 0.409. The van der Waals surface area contributed by atoms with Gasteiger partial charge in [-0.2, -0.15) is 0 Å². The molecule has 2 aliphatic rings. The Morgan fingerprint density at radius 1 is 1.00 bits per heavy atom. The summed E-state index contributed by atoms with van der Waals surface area (Å²) in [6.45, 7) is 5.47. The Hall–Kier alpha value is -2.44. The van der Waals surface area contributed by atoms with Gasteiger partial charge in [0.25, 0.3) is 0 Å². The highest BCUT2D eigenvalue weighted by atomic mass is 19.1. The number of amides is 1. The second kappa shape index (κ2) is 8.29. The normalized spacial score (nSPS) is 26.1. The Kier molecular flexibility index (Phi) is 5.59. The van der Waals surface area contributed by atoms with Crippen LogP contribution in [0.1, 0.15) is 12.5 Å². The fourth-order valence-electron chi connectivity index (χ4n) is 4.10. The van der Waals surface area contributed by atoms with Gasteiger partial charge in [0.2, 0.25) is 5.91 Å². The second-order valence-electron chi connectivity index (χ2n) is 7.66. The Bertz CT molecular complexity index is 790. The summed E-state index contributed by atoms with van der Waals surface area (Å²) in [7, 11) is 0. The van der Waals surface area contributed by atoms with E-state index < -0.39 is 0 Å². The van der Waals surface area contributed by atoms with Crippen molar-refractivity contribution in [1.82, 2.24) is 15.5 Å². The Labute approximate surface area is 165 Å². The van der Waals surface area contributed by atoms with E-state index in [4.69, 9.17) is 0 Å². The van der Waals surface area contributed by atoms with Crippen molar-refractivity contribution in [3.63, 3.8) is 0 Å². The number of carbonyl (C=O) groups excluding carboxylic acids is 1. The molecule has 6 heteroatoms. The maximum Gasteiger partial charge on any atom is 0.227 e. The van der Waals surface area contributed by atoms with Crippen LogP contribution < -0.4 is 15.5 Å². The van der Waals surface area contributed by atoms with Crippen molar-refractivity contribution in [2.24, 2.45) is 5.92 Å². The molecule has 2 aromatic rings. The summed E-state index contributed by atoms with van der Waals surface area (Å²) in [5, 5.41) is 6.73. The topological polar surface area (TPSA) is 47.6 Å². The van der Waals surface area contributed by atoms with Gasteiger partial charge in [0, 0.05) is 37.9 Å². The molecule has 4 rings (SSSR count). The van der Waals surface area contributed by atoms with Gasteiger partial charge in [0.15, 0.2) is 0 Å². The van der Waals surface area contributed by atoms with Crippen LogP contribution in [0.3, 0.4) is 0 Å². The molecule has 2 aromatic carbocycles. The van der Waals surface area contributed by atoms with Crippen molar-refractivity contribution >= 4 is 11.6 Å². The summed E-state index contributed by atoms with van der Waals surface area (Å²) in [6.07, 6.45) is 0.608. The number of nitrogens with zero attached hydrogens (tertiary/aromatic N) is 2. The van der Waals surface area contributed by atoms with E-state index in [0.717, 1.165) is 38.3 Å². The first-order chi connectivity index (χ1) is 13.6. The van der Waals surface area contributed by atoms with Gasteiger partial charge in [-0.3, -0.25) is 15.0 Å².